The molecular formula is C12H11NO5. The van der Waals surface area contributed by atoms with Gasteiger partial charge in [-0.25, -0.2) is 4.79 Å². The van der Waals surface area contributed by atoms with Crippen molar-refractivity contribution in [3.8, 4) is 0 Å². The van der Waals surface area contributed by atoms with Crippen LogP contribution in [0.15, 0.2) is 45.8 Å². The Bertz CT molecular complexity index is 501. The first-order valence-corrected chi connectivity index (χ1v) is 5.24. The number of furan rings is 2. The molecular weight excluding hydrogens is 238 g/mol. The summed E-state index contributed by atoms with van der Waals surface area (Å²) in [5.41, 5.74) is 0.272. The highest BCUT2D eigenvalue weighted by atomic mass is 16.5. The summed E-state index contributed by atoms with van der Waals surface area (Å²) in [7, 11) is 0. The molecule has 0 fully saturated rings. The first-order valence-electron chi connectivity index (χ1n) is 5.24. The molecule has 1 N–H and O–H groups in total. The Morgan fingerprint density at radius 1 is 1.28 bits per heavy atom. The summed E-state index contributed by atoms with van der Waals surface area (Å²) in [6.45, 7) is -0.0835. The van der Waals surface area contributed by atoms with Gasteiger partial charge in [0.1, 0.15) is 12.0 Å². The second kappa shape index (κ2) is 5.72. The lowest BCUT2D eigenvalue weighted by atomic mass is 10.3. The van der Waals surface area contributed by atoms with Crippen LogP contribution in [0.3, 0.4) is 0 Å². The molecule has 0 aromatic carbocycles. The van der Waals surface area contributed by atoms with Crippen LogP contribution >= 0.6 is 0 Å². The van der Waals surface area contributed by atoms with Crippen molar-refractivity contribution in [3.63, 3.8) is 0 Å². The van der Waals surface area contributed by atoms with Crippen molar-refractivity contribution < 1.29 is 23.2 Å². The van der Waals surface area contributed by atoms with Crippen molar-refractivity contribution >= 4 is 11.9 Å². The molecule has 0 aliphatic heterocycles. The van der Waals surface area contributed by atoms with Crippen LogP contribution in [0, 0.1) is 0 Å². The minimum atomic E-state index is -0.600. The minimum absolute atomic E-state index is 0.259. The van der Waals surface area contributed by atoms with Gasteiger partial charge in [0, 0.05) is 0 Å². The predicted octanol–water partition coefficient (Wildman–Crippen LogP) is 1.35. The number of nitrogens with one attached hydrogen (secondary N) is 1. The highest BCUT2D eigenvalue weighted by Gasteiger charge is 2.11. The van der Waals surface area contributed by atoms with E-state index in [0.29, 0.717) is 5.76 Å². The highest BCUT2D eigenvalue weighted by molar-refractivity contribution is 5.90. The van der Waals surface area contributed by atoms with Gasteiger partial charge >= 0.3 is 5.97 Å². The normalized spacial score (nSPS) is 10.0. The molecule has 6 heteroatoms. The van der Waals surface area contributed by atoms with Crippen LogP contribution in [-0.4, -0.2) is 18.5 Å². The van der Waals surface area contributed by atoms with E-state index in [9.17, 15) is 9.59 Å². The molecule has 2 aromatic rings. The number of esters is 1. The Labute approximate surface area is 103 Å². The number of rotatable bonds is 5. The van der Waals surface area contributed by atoms with Crippen LogP contribution in [0.25, 0.3) is 0 Å². The Hall–Kier alpha value is -2.50. The maximum absolute atomic E-state index is 11.4. The number of amides is 1. The zero-order valence-corrected chi connectivity index (χ0v) is 9.42. The van der Waals surface area contributed by atoms with Crippen LogP contribution in [0.1, 0.15) is 16.1 Å². The van der Waals surface area contributed by atoms with E-state index in [1.807, 2.05) is 0 Å². The summed E-state index contributed by atoms with van der Waals surface area (Å²) in [5.74, 6) is -0.371. The molecule has 0 aliphatic rings. The van der Waals surface area contributed by atoms with Gasteiger partial charge in [-0.2, -0.15) is 0 Å². The van der Waals surface area contributed by atoms with Crippen LogP contribution in [0.4, 0.5) is 0 Å². The fourth-order valence-corrected chi connectivity index (χ4v) is 1.24. The third kappa shape index (κ3) is 3.24. The van der Waals surface area contributed by atoms with Crippen LogP contribution in [0.5, 0.6) is 0 Å². The summed E-state index contributed by atoms with van der Waals surface area (Å²) < 4.78 is 14.5. The molecule has 0 unspecified atom stereocenters. The second-order valence-electron chi connectivity index (χ2n) is 3.44. The molecule has 2 rings (SSSR count). The molecule has 0 atom stereocenters. The Morgan fingerprint density at radius 3 is 2.83 bits per heavy atom. The number of carbonyl (C=O) groups excluding carboxylic acids is 2. The van der Waals surface area contributed by atoms with Gasteiger partial charge in [0.15, 0.2) is 6.61 Å². The van der Waals surface area contributed by atoms with E-state index < -0.39 is 11.9 Å². The molecule has 2 heterocycles. The monoisotopic (exact) mass is 249 g/mol. The van der Waals surface area contributed by atoms with Gasteiger partial charge in [0.05, 0.1) is 24.6 Å². The van der Waals surface area contributed by atoms with Crippen molar-refractivity contribution in [1.29, 1.82) is 0 Å². The number of hydrogen-bond donors (Lipinski definition) is 1. The van der Waals surface area contributed by atoms with Gasteiger partial charge in [-0.15, -0.1) is 0 Å². The Morgan fingerprint density at radius 2 is 2.17 bits per heavy atom. The lowest BCUT2D eigenvalue weighted by molar-refractivity contribution is -0.124. The van der Waals surface area contributed by atoms with Gasteiger partial charge in [0.25, 0.3) is 5.91 Å². The summed E-state index contributed by atoms with van der Waals surface area (Å²) in [5, 5.41) is 2.55. The molecule has 0 spiro atoms. The summed E-state index contributed by atoms with van der Waals surface area (Å²) in [6, 6.07) is 4.92. The van der Waals surface area contributed by atoms with E-state index in [1.54, 1.807) is 12.1 Å². The Balaban J connectivity index is 1.70. The third-order valence-corrected chi connectivity index (χ3v) is 2.13. The maximum Gasteiger partial charge on any atom is 0.341 e. The van der Waals surface area contributed by atoms with Crippen molar-refractivity contribution in [2.24, 2.45) is 0 Å². The van der Waals surface area contributed by atoms with E-state index in [1.165, 1.54) is 24.9 Å². The SMILES string of the molecule is O=C(COC(=O)c1ccoc1)NCc1ccco1. The van der Waals surface area contributed by atoms with E-state index in [0.717, 1.165) is 0 Å². The van der Waals surface area contributed by atoms with Crippen molar-refractivity contribution in [2.45, 2.75) is 6.54 Å². The summed E-state index contributed by atoms with van der Waals surface area (Å²) in [4.78, 5) is 22.7. The highest BCUT2D eigenvalue weighted by Crippen LogP contribution is 2.02. The molecule has 6 nitrogen and oxygen atoms in total. The van der Waals surface area contributed by atoms with Crippen molar-refractivity contribution in [2.75, 3.05) is 6.61 Å². The molecule has 94 valence electrons. The third-order valence-electron chi connectivity index (χ3n) is 2.13. The first-order chi connectivity index (χ1) is 8.75. The predicted molar refractivity (Wildman–Crippen MR) is 59.5 cm³/mol. The zero-order chi connectivity index (χ0) is 12.8. The van der Waals surface area contributed by atoms with E-state index in [4.69, 9.17) is 13.6 Å². The summed E-state index contributed by atoms with van der Waals surface area (Å²) >= 11 is 0. The fourth-order valence-electron chi connectivity index (χ4n) is 1.24. The number of hydrogen-bond acceptors (Lipinski definition) is 5. The molecule has 2 aromatic heterocycles. The fraction of sp³-hybridized carbons (Fsp3) is 0.167. The number of carbonyl (C=O) groups is 2. The second-order valence-corrected chi connectivity index (χ2v) is 3.44. The van der Waals surface area contributed by atoms with Crippen LogP contribution in [-0.2, 0) is 16.1 Å². The van der Waals surface area contributed by atoms with Gasteiger partial charge in [-0.1, -0.05) is 0 Å². The maximum atomic E-state index is 11.4. The molecule has 1 amide bonds. The van der Waals surface area contributed by atoms with E-state index in [2.05, 4.69) is 5.32 Å². The average Bonchev–Trinajstić information content (AvgIpc) is 3.05. The molecule has 0 bridgehead atoms. The standard InChI is InChI=1S/C12H11NO5/c14-11(13-6-10-2-1-4-17-10)8-18-12(15)9-3-5-16-7-9/h1-5,7H,6,8H2,(H,13,14). The quantitative estimate of drug-likeness (QED) is 0.809. The van der Waals surface area contributed by atoms with Crippen LogP contribution in [0.2, 0.25) is 0 Å². The topological polar surface area (TPSA) is 81.7 Å². The lowest BCUT2D eigenvalue weighted by Gasteiger charge is -2.04. The lowest BCUT2D eigenvalue weighted by Crippen LogP contribution is -2.28. The molecule has 0 radical (unpaired) electrons. The first kappa shape index (κ1) is 12.0. The Kier molecular flexibility index (Phi) is 3.80. The van der Waals surface area contributed by atoms with Crippen LogP contribution < -0.4 is 5.32 Å². The molecule has 0 aliphatic carbocycles. The summed E-state index contributed by atoms with van der Waals surface area (Å²) in [6.07, 6.45) is 4.12. The average molecular weight is 249 g/mol. The molecule has 0 saturated carbocycles. The van der Waals surface area contributed by atoms with Gasteiger partial charge < -0.3 is 18.9 Å². The molecule has 0 saturated heterocycles. The smallest absolute Gasteiger partial charge is 0.341 e. The van der Waals surface area contributed by atoms with Gasteiger partial charge in [-0.3, -0.25) is 4.79 Å². The zero-order valence-electron chi connectivity index (χ0n) is 9.42. The van der Waals surface area contributed by atoms with Crippen molar-refractivity contribution in [1.82, 2.24) is 5.32 Å². The van der Waals surface area contributed by atoms with Crippen molar-refractivity contribution in [3.05, 3.63) is 48.3 Å². The molecule has 18 heavy (non-hydrogen) atoms. The number of ether oxygens (including phenoxy) is 1. The van der Waals surface area contributed by atoms with Gasteiger partial charge in [0.2, 0.25) is 0 Å². The largest absolute Gasteiger partial charge is 0.472 e. The van der Waals surface area contributed by atoms with Gasteiger partial charge in [-0.05, 0) is 18.2 Å². The van der Waals surface area contributed by atoms with E-state index >= 15 is 0 Å². The minimum Gasteiger partial charge on any atom is -0.472 e. The van der Waals surface area contributed by atoms with E-state index in [-0.39, 0.29) is 18.7 Å².